The van der Waals surface area contributed by atoms with E-state index in [1.807, 2.05) is 6.92 Å². The fourth-order valence-corrected chi connectivity index (χ4v) is 1.64. The Morgan fingerprint density at radius 2 is 1.87 bits per heavy atom. The van der Waals surface area contributed by atoms with Crippen LogP contribution in [0, 0.1) is 6.92 Å². The maximum atomic E-state index is 9.01. The lowest BCUT2D eigenvalue weighted by molar-refractivity contribution is 0.239. The van der Waals surface area contributed by atoms with E-state index in [4.69, 9.17) is 5.11 Å². The summed E-state index contributed by atoms with van der Waals surface area (Å²) >= 11 is 0. The Balaban J connectivity index is 2.69. The van der Waals surface area contributed by atoms with Gasteiger partial charge in [0.05, 0.1) is 6.61 Å². The number of hydrogen-bond donors (Lipinski definition) is 2. The zero-order valence-corrected chi connectivity index (χ0v) is 9.83. The topological polar surface area (TPSA) is 32.3 Å². The van der Waals surface area contributed by atoms with Gasteiger partial charge in [-0.3, -0.25) is 0 Å². The highest BCUT2D eigenvalue weighted by molar-refractivity contribution is 5.24. The van der Waals surface area contributed by atoms with Crippen LogP contribution in [0.15, 0.2) is 24.3 Å². The first-order valence-electron chi connectivity index (χ1n) is 5.60. The molecule has 0 saturated heterocycles. The van der Waals surface area contributed by atoms with E-state index in [1.54, 1.807) is 0 Å². The standard InChI is InChI=1S/C13H21NO/c1-4-13(14-11(3)9-15)12-7-5-10(2)6-8-12/h5-8,11,13-15H,4,9H2,1-3H3/t11-,13+/m0/s1. The number of hydrogen-bond acceptors (Lipinski definition) is 2. The van der Waals surface area contributed by atoms with Gasteiger partial charge in [0.1, 0.15) is 0 Å². The molecule has 2 nitrogen and oxygen atoms in total. The maximum Gasteiger partial charge on any atom is 0.0582 e. The van der Waals surface area contributed by atoms with Gasteiger partial charge in [0.25, 0.3) is 0 Å². The van der Waals surface area contributed by atoms with Crippen molar-refractivity contribution in [2.75, 3.05) is 6.61 Å². The first kappa shape index (κ1) is 12.2. The maximum absolute atomic E-state index is 9.01. The normalized spacial score (nSPS) is 14.9. The molecule has 0 amide bonds. The van der Waals surface area contributed by atoms with Gasteiger partial charge in [-0.05, 0) is 25.8 Å². The Labute approximate surface area is 92.3 Å². The summed E-state index contributed by atoms with van der Waals surface area (Å²) in [6.45, 7) is 6.43. The van der Waals surface area contributed by atoms with Gasteiger partial charge in [0.2, 0.25) is 0 Å². The Bertz CT molecular complexity index is 281. The van der Waals surface area contributed by atoms with E-state index in [1.165, 1.54) is 11.1 Å². The second kappa shape index (κ2) is 5.89. The number of aliphatic hydroxyl groups is 1. The fraction of sp³-hybridized carbons (Fsp3) is 0.538. The monoisotopic (exact) mass is 207 g/mol. The van der Waals surface area contributed by atoms with Crippen molar-refractivity contribution in [3.05, 3.63) is 35.4 Å². The summed E-state index contributed by atoms with van der Waals surface area (Å²) in [7, 11) is 0. The Morgan fingerprint density at radius 3 is 2.33 bits per heavy atom. The highest BCUT2D eigenvalue weighted by Crippen LogP contribution is 2.17. The van der Waals surface area contributed by atoms with Crippen molar-refractivity contribution < 1.29 is 5.11 Å². The third kappa shape index (κ3) is 3.65. The number of benzene rings is 1. The third-order valence-electron chi connectivity index (χ3n) is 2.65. The first-order chi connectivity index (χ1) is 7.17. The molecule has 0 saturated carbocycles. The Morgan fingerprint density at radius 1 is 1.27 bits per heavy atom. The van der Waals surface area contributed by atoms with Crippen molar-refractivity contribution in [2.24, 2.45) is 0 Å². The summed E-state index contributed by atoms with van der Waals surface area (Å²) in [6, 6.07) is 9.05. The van der Waals surface area contributed by atoms with Crippen molar-refractivity contribution >= 4 is 0 Å². The summed E-state index contributed by atoms with van der Waals surface area (Å²) in [4.78, 5) is 0. The van der Waals surface area contributed by atoms with Crippen LogP contribution in [0.5, 0.6) is 0 Å². The van der Waals surface area contributed by atoms with Gasteiger partial charge in [0.15, 0.2) is 0 Å². The lowest BCUT2D eigenvalue weighted by Gasteiger charge is -2.21. The van der Waals surface area contributed by atoms with Gasteiger partial charge in [-0.15, -0.1) is 0 Å². The van der Waals surface area contributed by atoms with E-state index >= 15 is 0 Å². The second-order valence-electron chi connectivity index (χ2n) is 4.12. The second-order valence-corrected chi connectivity index (χ2v) is 4.12. The molecular formula is C13H21NO. The van der Waals surface area contributed by atoms with Crippen LogP contribution in [0.4, 0.5) is 0 Å². The van der Waals surface area contributed by atoms with E-state index < -0.39 is 0 Å². The summed E-state index contributed by atoms with van der Waals surface area (Å²) in [5.74, 6) is 0. The molecule has 0 radical (unpaired) electrons. The average Bonchev–Trinajstić information content (AvgIpc) is 2.27. The van der Waals surface area contributed by atoms with Gasteiger partial charge in [-0.25, -0.2) is 0 Å². The summed E-state index contributed by atoms with van der Waals surface area (Å²) in [5, 5.41) is 12.4. The number of nitrogens with one attached hydrogen (secondary N) is 1. The lowest BCUT2D eigenvalue weighted by Crippen LogP contribution is -2.32. The van der Waals surface area contributed by atoms with E-state index in [0.717, 1.165) is 6.42 Å². The molecule has 0 aromatic heterocycles. The van der Waals surface area contributed by atoms with Crippen LogP contribution >= 0.6 is 0 Å². The lowest BCUT2D eigenvalue weighted by atomic mass is 10.0. The molecule has 2 N–H and O–H groups in total. The highest BCUT2D eigenvalue weighted by Gasteiger charge is 2.11. The van der Waals surface area contributed by atoms with E-state index in [-0.39, 0.29) is 12.6 Å². The minimum atomic E-state index is 0.149. The van der Waals surface area contributed by atoms with Crippen molar-refractivity contribution in [3.8, 4) is 0 Å². The molecule has 0 bridgehead atoms. The van der Waals surface area contributed by atoms with Crippen LogP contribution < -0.4 is 5.32 Å². The Kier molecular flexibility index (Phi) is 4.79. The van der Waals surface area contributed by atoms with Crippen LogP contribution in [0.1, 0.15) is 37.4 Å². The first-order valence-corrected chi connectivity index (χ1v) is 5.60. The largest absolute Gasteiger partial charge is 0.395 e. The molecule has 1 rings (SSSR count). The van der Waals surface area contributed by atoms with E-state index in [9.17, 15) is 0 Å². The molecule has 0 heterocycles. The van der Waals surface area contributed by atoms with Gasteiger partial charge in [-0.1, -0.05) is 36.8 Å². The zero-order valence-electron chi connectivity index (χ0n) is 9.83. The predicted octanol–water partition coefficient (Wildman–Crippen LogP) is 2.42. The van der Waals surface area contributed by atoms with E-state index in [0.29, 0.717) is 6.04 Å². The van der Waals surface area contributed by atoms with Crippen LogP contribution in [0.3, 0.4) is 0 Å². The van der Waals surface area contributed by atoms with Crippen LogP contribution in [-0.2, 0) is 0 Å². The van der Waals surface area contributed by atoms with Crippen LogP contribution in [-0.4, -0.2) is 17.8 Å². The SMILES string of the molecule is CC[C@@H](N[C@@H](C)CO)c1ccc(C)cc1. The summed E-state index contributed by atoms with van der Waals surface area (Å²) in [6.07, 6.45) is 1.04. The van der Waals surface area contributed by atoms with Gasteiger partial charge in [0, 0.05) is 12.1 Å². The smallest absolute Gasteiger partial charge is 0.0582 e. The molecule has 84 valence electrons. The molecular weight excluding hydrogens is 186 g/mol. The summed E-state index contributed by atoms with van der Waals surface area (Å²) in [5.41, 5.74) is 2.58. The minimum absolute atomic E-state index is 0.149. The van der Waals surface area contributed by atoms with Gasteiger partial charge >= 0.3 is 0 Å². The van der Waals surface area contributed by atoms with Crippen LogP contribution in [0.25, 0.3) is 0 Å². The molecule has 0 fully saturated rings. The third-order valence-corrected chi connectivity index (χ3v) is 2.65. The number of aliphatic hydroxyl groups excluding tert-OH is 1. The molecule has 1 aromatic rings. The number of rotatable bonds is 5. The zero-order chi connectivity index (χ0) is 11.3. The molecule has 0 spiro atoms. The highest BCUT2D eigenvalue weighted by atomic mass is 16.3. The van der Waals surface area contributed by atoms with Crippen molar-refractivity contribution in [1.29, 1.82) is 0 Å². The van der Waals surface area contributed by atoms with Gasteiger partial charge in [-0.2, -0.15) is 0 Å². The quantitative estimate of drug-likeness (QED) is 0.777. The average molecular weight is 207 g/mol. The number of aryl methyl sites for hydroxylation is 1. The summed E-state index contributed by atoms with van der Waals surface area (Å²) < 4.78 is 0. The predicted molar refractivity (Wildman–Crippen MR) is 63.9 cm³/mol. The van der Waals surface area contributed by atoms with E-state index in [2.05, 4.69) is 43.4 Å². The van der Waals surface area contributed by atoms with Crippen LogP contribution in [0.2, 0.25) is 0 Å². The van der Waals surface area contributed by atoms with Crippen molar-refractivity contribution in [1.82, 2.24) is 5.32 Å². The molecule has 0 aliphatic carbocycles. The molecule has 2 atom stereocenters. The molecule has 0 aliphatic heterocycles. The Hall–Kier alpha value is -0.860. The molecule has 0 aliphatic rings. The molecule has 2 heteroatoms. The minimum Gasteiger partial charge on any atom is -0.395 e. The molecule has 0 unspecified atom stereocenters. The molecule has 1 aromatic carbocycles. The van der Waals surface area contributed by atoms with Gasteiger partial charge < -0.3 is 10.4 Å². The van der Waals surface area contributed by atoms with Crippen molar-refractivity contribution in [3.63, 3.8) is 0 Å². The fourth-order valence-electron chi connectivity index (χ4n) is 1.64. The molecule has 15 heavy (non-hydrogen) atoms. The van der Waals surface area contributed by atoms with Crippen molar-refractivity contribution in [2.45, 2.75) is 39.3 Å².